The van der Waals surface area contributed by atoms with Crippen LogP contribution in [0, 0.1) is 6.92 Å². The minimum atomic E-state index is -0.860. The van der Waals surface area contributed by atoms with Crippen molar-refractivity contribution in [3.8, 4) is 11.3 Å². The first kappa shape index (κ1) is 19.9. The number of benzene rings is 1. The second-order valence-corrected chi connectivity index (χ2v) is 7.19. The van der Waals surface area contributed by atoms with E-state index in [1.54, 1.807) is 31.2 Å². The van der Waals surface area contributed by atoms with Gasteiger partial charge in [0.1, 0.15) is 17.2 Å². The molecule has 28 heavy (non-hydrogen) atoms. The van der Waals surface area contributed by atoms with Gasteiger partial charge in [-0.05, 0) is 56.2 Å². The molecular formula is C21H21ClN2O4. The highest BCUT2D eigenvalue weighted by atomic mass is 35.5. The van der Waals surface area contributed by atoms with Gasteiger partial charge in [0.25, 0.3) is 11.8 Å². The van der Waals surface area contributed by atoms with Crippen molar-refractivity contribution in [2.75, 3.05) is 6.54 Å². The number of aliphatic hydroxyl groups excluding tert-OH is 1. The number of nitrogens with two attached hydrogens (primary N) is 1. The number of hydrogen-bond acceptors (Lipinski definition) is 5. The zero-order valence-electron chi connectivity index (χ0n) is 15.8. The normalized spacial score (nSPS) is 17.6. The summed E-state index contributed by atoms with van der Waals surface area (Å²) in [5.74, 6) is -0.0671. The number of halogens is 1. The van der Waals surface area contributed by atoms with Crippen LogP contribution in [0.15, 0.2) is 51.6 Å². The molecule has 0 radical (unpaired) electrons. The number of amides is 2. The van der Waals surface area contributed by atoms with Gasteiger partial charge in [-0.25, -0.2) is 0 Å². The Morgan fingerprint density at radius 3 is 2.61 bits per heavy atom. The molecule has 2 aromatic rings. The van der Waals surface area contributed by atoms with E-state index in [9.17, 15) is 14.7 Å². The summed E-state index contributed by atoms with van der Waals surface area (Å²) in [7, 11) is 0. The number of carbonyl (C=O) groups is 2. The Labute approximate surface area is 167 Å². The standard InChI is InChI=1S/C21H21ClN2O4/c1-11(25)10-24-20(26)16(13(3)19(23)21(24)27)9-14-7-8-18(28-14)15-5-4-6-17(22)12(15)2/h4-9,11,25H,10,23H2,1-3H3/b16-9+. The maximum atomic E-state index is 12.8. The smallest absolute Gasteiger partial charge is 0.276 e. The quantitative estimate of drug-likeness (QED) is 0.606. The van der Waals surface area contributed by atoms with Gasteiger partial charge < -0.3 is 15.3 Å². The van der Waals surface area contributed by atoms with Crippen LogP contribution in [0.3, 0.4) is 0 Å². The summed E-state index contributed by atoms with van der Waals surface area (Å²) in [6.45, 7) is 4.88. The summed E-state index contributed by atoms with van der Waals surface area (Å²) < 4.78 is 5.88. The van der Waals surface area contributed by atoms with E-state index in [0.29, 0.717) is 22.1 Å². The van der Waals surface area contributed by atoms with Gasteiger partial charge in [0.2, 0.25) is 0 Å². The molecule has 1 unspecified atom stereocenters. The Kier molecular flexibility index (Phi) is 5.45. The molecule has 0 aliphatic carbocycles. The van der Waals surface area contributed by atoms with E-state index in [1.807, 2.05) is 19.1 Å². The Morgan fingerprint density at radius 2 is 1.93 bits per heavy atom. The molecule has 0 saturated carbocycles. The van der Waals surface area contributed by atoms with E-state index >= 15 is 0 Å². The summed E-state index contributed by atoms with van der Waals surface area (Å²) in [4.78, 5) is 26.0. The van der Waals surface area contributed by atoms with E-state index in [0.717, 1.165) is 16.0 Å². The number of hydrogen-bond donors (Lipinski definition) is 2. The average molecular weight is 401 g/mol. The monoisotopic (exact) mass is 400 g/mol. The van der Waals surface area contributed by atoms with Gasteiger partial charge in [-0.15, -0.1) is 0 Å². The molecule has 0 spiro atoms. The van der Waals surface area contributed by atoms with Crippen LogP contribution in [-0.2, 0) is 9.59 Å². The van der Waals surface area contributed by atoms with Crippen molar-refractivity contribution < 1.29 is 19.1 Å². The van der Waals surface area contributed by atoms with E-state index in [2.05, 4.69) is 0 Å². The van der Waals surface area contributed by atoms with Gasteiger partial charge in [0.15, 0.2) is 0 Å². The van der Waals surface area contributed by atoms with Crippen molar-refractivity contribution in [2.24, 2.45) is 5.73 Å². The van der Waals surface area contributed by atoms with Crippen molar-refractivity contribution in [3.63, 3.8) is 0 Å². The Morgan fingerprint density at radius 1 is 1.21 bits per heavy atom. The van der Waals surface area contributed by atoms with Gasteiger partial charge >= 0.3 is 0 Å². The maximum absolute atomic E-state index is 12.8. The van der Waals surface area contributed by atoms with Crippen LogP contribution in [0.2, 0.25) is 5.02 Å². The zero-order chi connectivity index (χ0) is 20.6. The first-order chi connectivity index (χ1) is 13.2. The summed E-state index contributed by atoms with van der Waals surface area (Å²) >= 11 is 6.18. The lowest BCUT2D eigenvalue weighted by molar-refractivity contribution is -0.142. The lowest BCUT2D eigenvalue weighted by atomic mass is 9.98. The molecular weight excluding hydrogens is 380 g/mol. The molecule has 2 amide bonds. The van der Waals surface area contributed by atoms with Gasteiger partial charge in [0.05, 0.1) is 12.6 Å². The number of imide groups is 1. The number of furan rings is 1. The van der Waals surface area contributed by atoms with Gasteiger partial charge in [-0.3, -0.25) is 14.5 Å². The van der Waals surface area contributed by atoms with Gasteiger partial charge in [0, 0.05) is 16.2 Å². The van der Waals surface area contributed by atoms with Crippen LogP contribution < -0.4 is 5.73 Å². The second-order valence-electron chi connectivity index (χ2n) is 6.78. The van der Waals surface area contributed by atoms with Crippen LogP contribution >= 0.6 is 11.6 Å². The molecule has 3 N–H and O–H groups in total. The first-order valence-electron chi connectivity index (χ1n) is 8.78. The van der Waals surface area contributed by atoms with Crippen LogP contribution in [0.5, 0.6) is 0 Å². The minimum absolute atomic E-state index is 0.0241. The van der Waals surface area contributed by atoms with Crippen molar-refractivity contribution >= 4 is 29.5 Å². The fourth-order valence-electron chi connectivity index (χ4n) is 3.04. The van der Waals surface area contributed by atoms with Crippen molar-refractivity contribution in [2.45, 2.75) is 26.9 Å². The number of β-amino-alcohol motifs (C(OH)–C–C–N with tert-alkyl or cyclic N) is 1. The fourth-order valence-corrected chi connectivity index (χ4v) is 3.22. The Bertz CT molecular complexity index is 1020. The third kappa shape index (κ3) is 3.61. The average Bonchev–Trinajstić information content (AvgIpc) is 3.11. The minimum Gasteiger partial charge on any atom is -0.457 e. The van der Waals surface area contributed by atoms with Crippen LogP contribution in [0.4, 0.5) is 0 Å². The summed E-state index contributed by atoms with van der Waals surface area (Å²) in [5, 5.41) is 10.2. The zero-order valence-corrected chi connectivity index (χ0v) is 16.6. The van der Waals surface area contributed by atoms with Crippen LogP contribution in [0.1, 0.15) is 25.2 Å². The third-order valence-corrected chi connectivity index (χ3v) is 5.06. The third-order valence-electron chi connectivity index (χ3n) is 4.65. The number of nitrogens with zero attached hydrogens (tertiary/aromatic N) is 1. The summed E-state index contributed by atoms with van der Waals surface area (Å²) in [5.41, 5.74) is 8.25. The highest BCUT2D eigenvalue weighted by Crippen LogP contribution is 2.31. The fraction of sp³-hybridized carbons (Fsp3) is 0.238. The number of carbonyl (C=O) groups excluding carboxylic acids is 2. The van der Waals surface area contributed by atoms with E-state index in [-0.39, 0.29) is 17.8 Å². The maximum Gasteiger partial charge on any atom is 0.276 e. The van der Waals surface area contributed by atoms with E-state index in [4.69, 9.17) is 21.8 Å². The SMILES string of the molecule is CC1=C(N)C(=O)N(CC(C)O)C(=O)/C1=C/c1ccc(-c2cccc(Cl)c2C)o1. The number of aliphatic hydroxyl groups is 1. The second kappa shape index (κ2) is 7.66. The largest absolute Gasteiger partial charge is 0.457 e. The first-order valence-corrected chi connectivity index (χ1v) is 9.16. The predicted molar refractivity (Wildman–Crippen MR) is 107 cm³/mol. The summed E-state index contributed by atoms with van der Waals surface area (Å²) in [6, 6.07) is 9.06. The molecule has 1 aliphatic rings. The molecule has 1 aromatic carbocycles. The molecule has 3 rings (SSSR count). The Balaban J connectivity index is 2.01. The molecule has 7 heteroatoms. The lowest BCUT2D eigenvalue weighted by Crippen LogP contribution is -2.47. The van der Waals surface area contributed by atoms with Crippen LogP contribution in [-0.4, -0.2) is 34.5 Å². The number of rotatable bonds is 4. The summed E-state index contributed by atoms with van der Waals surface area (Å²) in [6.07, 6.45) is 0.691. The van der Waals surface area contributed by atoms with E-state index in [1.165, 1.54) is 6.92 Å². The molecule has 146 valence electrons. The highest BCUT2D eigenvalue weighted by Gasteiger charge is 2.34. The Hall–Kier alpha value is -2.83. The van der Waals surface area contributed by atoms with Crippen molar-refractivity contribution in [1.82, 2.24) is 4.90 Å². The van der Waals surface area contributed by atoms with E-state index < -0.39 is 17.9 Å². The predicted octanol–water partition coefficient (Wildman–Crippen LogP) is 3.27. The molecule has 1 aliphatic heterocycles. The lowest BCUT2D eigenvalue weighted by Gasteiger charge is -2.28. The van der Waals surface area contributed by atoms with Gasteiger partial charge in [-0.1, -0.05) is 23.7 Å². The molecule has 1 atom stereocenters. The molecule has 2 heterocycles. The van der Waals surface area contributed by atoms with Crippen molar-refractivity contribution in [1.29, 1.82) is 0 Å². The van der Waals surface area contributed by atoms with Crippen molar-refractivity contribution in [3.05, 3.63) is 63.5 Å². The molecule has 0 bridgehead atoms. The molecule has 6 nitrogen and oxygen atoms in total. The highest BCUT2D eigenvalue weighted by molar-refractivity contribution is 6.31. The topological polar surface area (TPSA) is 96.8 Å². The molecule has 1 aromatic heterocycles. The molecule has 0 fully saturated rings. The van der Waals surface area contributed by atoms with Crippen LogP contribution in [0.25, 0.3) is 17.4 Å². The molecule has 0 saturated heterocycles. The van der Waals surface area contributed by atoms with Gasteiger partial charge in [-0.2, -0.15) is 0 Å².